The van der Waals surface area contributed by atoms with Crippen LogP contribution in [0.2, 0.25) is 0 Å². The van der Waals surface area contributed by atoms with Crippen LogP contribution in [0.4, 0.5) is 10.6 Å². The van der Waals surface area contributed by atoms with Crippen molar-refractivity contribution in [1.82, 2.24) is 20.8 Å². The van der Waals surface area contributed by atoms with Crippen LogP contribution in [0.3, 0.4) is 0 Å². The van der Waals surface area contributed by atoms with Crippen molar-refractivity contribution in [2.75, 3.05) is 24.6 Å². The molecule has 1 aromatic heterocycles. The Morgan fingerprint density at radius 3 is 2.23 bits per heavy atom. The van der Waals surface area contributed by atoms with Crippen LogP contribution in [-0.4, -0.2) is 53.3 Å². The van der Waals surface area contributed by atoms with Gasteiger partial charge in [0.1, 0.15) is 0 Å². The standard InChI is InChI=1S/C22H29N5O4/c28-19(13-31-20(29)17-3-4-18(26-25-17)27-5-1-2-6-27)23-21(30)24-22-10-14-7-15(11-22)9-16(8-14)12-22/h3-4,14-16H,1-2,5-13H2,(H2,23,24,28,30). The van der Waals surface area contributed by atoms with E-state index in [2.05, 4.69) is 25.7 Å². The summed E-state index contributed by atoms with van der Waals surface area (Å²) in [7, 11) is 0. The van der Waals surface area contributed by atoms with E-state index in [9.17, 15) is 14.4 Å². The topological polar surface area (TPSA) is 114 Å². The average molecular weight is 428 g/mol. The molecule has 9 heteroatoms. The molecule has 0 spiro atoms. The first-order chi connectivity index (χ1) is 15.0. The summed E-state index contributed by atoms with van der Waals surface area (Å²) in [4.78, 5) is 38.8. The van der Waals surface area contributed by atoms with E-state index in [1.165, 1.54) is 19.3 Å². The highest BCUT2D eigenvalue weighted by atomic mass is 16.5. The minimum Gasteiger partial charge on any atom is -0.451 e. The molecule has 9 nitrogen and oxygen atoms in total. The summed E-state index contributed by atoms with van der Waals surface area (Å²) in [6.45, 7) is 1.33. The molecule has 0 atom stereocenters. The highest BCUT2D eigenvalue weighted by Crippen LogP contribution is 2.55. The molecule has 4 bridgehead atoms. The van der Waals surface area contributed by atoms with Gasteiger partial charge in [0.15, 0.2) is 18.1 Å². The molecular formula is C22H29N5O4. The second-order valence-corrected chi connectivity index (χ2v) is 9.75. The Kier molecular flexibility index (Phi) is 5.27. The number of nitrogens with zero attached hydrogens (tertiary/aromatic N) is 3. The minimum atomic E-state index is -0.739. The van der Waals surface area contributed by atoms with Crippen molar-refractivity contribution < 1.29 is 19.1 Å². The van der Waals surface area contributed by atoms with Crippen molar-refractivity contribution in [3.63, 3.8) is 0 Å². The number of amides is 3. The van der Waals surface area contributed by atoms with E-state index in [0.717, 1.165) is 51.0 Å². The summed E-state index contributed by atoms with van der Waals surface area (Å²) in [5.41, 5.74) is -0.142. The number of imide groups is 1. The maximum Gasteiger partial charge on any atom is 0.359 e. The SMILES string of the molecule is O=C(COC(=O)c1ccc(N2CCCC2)nn1)NC(=O)NC12CC3CC(CC(C3)C1)C2. The molecule has 0 radical (unpaired) electrons. The van der Waals surface area contributed by atoms with E-state index < -0.39 is 24.5 Å². The summed E-state index contributed by atoms with van der Waals surface area (Å²) in [6, 6.07) is 2.77. The number of anilines is 1. The Balaban J connectivity index is 1.08. The van der Waals surface area contributed by atoms with Crippen LogP contribution in [0.15, 0.2) is 12.1 Å². The van der Waals surface area contributed by atoms with Crippen molar-refractivity contribution in [3.8, 4) is 0 Å². The third kappa shape index (κ3) is 4.36. The number of carbonyl (C=O) groups is 3. The smallest absolute Gasteiger partial charge is 0.359 e. The van der Waals surface area contributed by atoms with Crippen LogP contribution in [0.5, 0.6) is 0 Å². The molecule has 0 aromatic carbocycles. The molecule has 4 saturated carbocycles. The normalized spacial score (nSPS) is 30.8. The number of hydrogen-bond acceptors (Lipinski definition) is 7. The van der Waals surface area contributed by atoms with Crippen LogP contribution in [0.1, 0.15) is 61.9 Å². The lowest BCUT2D eigenvalue weighted by Gasteiger charge is -2.56. The zero-order chi connectivity index (χ0) is 21.4. The third-order valence-electron chi connectivity index (χ3n) is 7.29. The molecule has 166 valence electrons. The second kappa shape index (κ2) is 8.09. The quantitative estimate of drug-likeness (QED) is 0.691. The van der Waals surface area contributed by atoms with E-state index in [-0.39, 0.29) is 11.2 Å². The monoisotopic (exact) mass is 427 g/mol. The molecule has 5 fully saturated rings. The largest absolute Gasteiger partial charge is 0.451 e. The van der Waals surface area contributed by atoms with Gasteiger partial charge in [-0.05, 0) is 81.3 Å². The molecule has 1 saturated heterocycles. The first kappa shape index (κ1) is 20.2. The van der Waals surface area contributed by atoms with Gasteiger partial charge >= 0.3 is 12.0 Å². The van der Waals surface area contributed by atoms with E-state index in [4.69, 9.17) is 4.74 Å². The third-order valence-corrected chi connectivity index (χ3v) is 7.29. The van der Waals surface area contributed by atoms with E-state index in [1.54, 1.807) is 12.1 Å². The maximum atomic E-state index is 12.4. The van der Waals surface area contributed by atoms with Crippen LogP contribution < -0.4 is 15.5 Å². The molecule has 3 amide bonds. The van der Waals surface area contributed by atoms with Crippen molar-refractivity contribution in [2.45, 2.75) is 56.9 Å². The summed E-state index contributed by atoms with van der Waals surface area (Å²) in [6.07, 6.45) is 9.08. The molecule has 6 rings (SSSR count). The molecule has 1 aliphatic heterocycles. The van der Waals surface area contributed by atoms with Crippen molar-refractivity contribution in [3.05, 3.63) is 17.8 Å². The Hall–Kier alpha value is -2.71. The number of esters is 1. The summed E-state index contributed by atoms with van der Waals surface area (Å²) >= 11 is 0. The Morgan fingerprint density at radius 1 is 1.00 bits per heavy atom. The fraction of sp³-hybridized carbons (Fsp3) is 0.682. The summed E-state index contributed by atoms with van der Waals surface area (Å²) < 4.78 is 5.00. The van der Waals surface area contributed by atoms with Gasteiger partial charge in [-0.3, -0.25) is 10.1 Å². The Bertz CT molecular complexity index is 830. The van der Waals surface area contributed by atoms with Gasteiger partial charge in [0, 0.05) is 18.6 Å². The van der Waals surface area contributed by atoms with E-state index >= 15 is 0 Å². The molecular weight excluding hydrogens is 398 g/mol. The lowest BCUT2D eigenvalue weighted by atomic mass is 9.53. The summed E-state index contributed by atoms with van der Waals surface area (Å²) in [5, 5.41) is 13.3. The highest BCUT2D eigenvalue weighted by molar-refractivity contribution is 5.96. The second-order valence-electron chi connectivity index (χ2n) is 9.75. The first-order valence-corrected chi connectivity index (χ1v) is 11.4. The number of hydrogen-bond donors (Lipinski definition) is 2. The van der Waals surface area contributed by atoms with Gasteiger partial charge in [-0.2, -0.15) is 0 Å². The molecule has 2 heterocycles. The molecule has 2 N–H and O–H groups in total. The van der Waals surface area contributed by atoms with Gasteiger partial charge in [0.25, 0.3) is 5.91 Å². The number of ether oxygens (including phenoxy) is 1. The van der Waals surface area contributed by atoms with Crippen LogP contribution in [0, 0.1) is 17.8 Å². The predicted octanol–water partition coefficient (Wildman–Crippen LogP) is 2.03. The lowest BCUT2D eigenvalue weighted by Crippen LogP contribution is -2.62. The van der Waals surface area contributed by atoms with Gasteiger partial charge in [0.2, 0.25) is 0 Å². The molecule has 31 heavy (non-hydrogen) atoms. The zero-order valence-electron chi connectivity index (χ0n) is 17.6. The van der Waals surface area contributed by atoms with Gasteiger partial charge in [0.05, 0.1) is 0 Å². The summed E-state index contributed by atoms with van der Waals surface area (Å²) in [5.74, 6) is 1.42. The first-order valence-electron chi connectivity index (χ1n) is 11.4. The van der Waals surface area contributed by atoms with Gasteiger partial charge in [-0.25, -0.2) is 9.59 Å². The van der Waals surface area contributed by atoms with Crippen LogP contribution >= 0.6 is 0 Å². The lowest BCUT2D eigenvalue weighted by molar-refractivity contribution is -0.123. The molecule has 4 aliphatic carbocycles. The van der Waals surface area contributed by atoms with E-state index in [1.807, 2.05) is 0 Å². The highest BCUT2D eigenvalue weighted by Gasteiger charge is 2.51. The minimum absolute atomic E-state index is 0.0359. The number of nitrogens with one attached hydrogen (secondary N) is 2. The number of carbonyl (C=O) groups excluding carboxylic acids is 3. The van der Waals surface area contributed by atoms with Crippen molar-refractivity contribution in [2.24, 2.45) is 17.8 Å². The molecule has 5 aliphatic rings. The Labute approximate surface area is 181 Å². The maximum absolute atomic E-state index is 12.4. The van der Waals surface area contributed by atoms with Crippen molar-refractivity contribution in [1.29, 1.82) is 0 Å². The van der Waals surface area contributed by atoms with Gasteiger partial charge in [-0.15, -0.1) is 10.2 Å². The average Bonchev–Trinajstić information content (AvgIpc) is 3.25. The van der Waals surface area contributed by atoms with Crippen molar-refractivity contribution >= 4 is 23.7 Å². The van der Waals surface area contributed by atoms with Gasteiger partial charge < -0.3 is 15.0 Å². The number of aromatic nitrogens is 2. The molecule has 1 aromatic rings. The fourth-order valence-electron chi connectivity index (χ4n) is 6.45. The fourth-order valence-corrected chi connectivity index (χ4v) is 6.45. The van der Waals surface area contributed by atoms with Crippen LogP contribution in [-0.2, 0) is 9.53 Å². The molecule has 0 unspecified atom stereocenters. The number of urea groups is 1. The van der Waals surface area contributed by atoms with E-state index in [0.29, 0.717) is 17.8 Å². The number of rotatable bonds is 5. The zero-order valence-corrected chi connectivity index (χ0v) is 17.6. The van der Waals surface area contributed by atoms with Gasteiger partial charge in [-0.1, -0.05) is 0 Å². The van der Waals surface area contributed by atoms with Crippen LogP contribution in [0.25, 0.3) is 0 Å². The Morgan fingerprint density at radius 2 is 1.65 bits per heavy atom. The predicted molar refractivity (Wildman–Crippen MR) is 111 cm³/mol.